The lowest BCUT2D eigenvalue weighted by Gasteiger charge is -2.14. The lowest BCUT2D eigenvalue weighted by molar-refractivity contribution is 0.362. The van der Waals surface area contributed by atoms with Gasteiger partial charge in [0, 0.05) is 5.56 Å². The van der Waals surface area contributed by atoms with Crippen LogP contribution in [0.1, 0.15) is 11.6 Å². The van der Waals surface area contributed by atoms with Gasteiger partial charge in [0.05, 0.1) is 0 Å². The van der Waals surface area contributed by atoms with Gasteiger partial charge in [-0.25, -0.2) is 15.0 Å². The average Bonchev–Trinajstić information content (AvgIpc) is 2.37. The van der Waals surface area contributed by atoms with Crippen LogP contribution in [0.2, 0.25) is 0 Å². The Kier molecular flexibility index (Phi) is 4.35. The number of benzene rings is 1. The quantitative estimate of drug-likeness (QED) is 0.749. The standard InChI is InChI=1S/C11H5Cl4F2N3/c12-10(13,16)8-18-7(6-4-2-1-3-5-6)19-9(20-8)11(14,15)17/h1-5H. The van der Waals surface area contributed by atoms with Gasteiger partial charge in [-0.1, -0.05) is 76.7 Å². The SMILES string of the molecule is FC(Cl)(Cl)c1nc(-c2ccccc2)nc(C(F)(Cl)Cl)n1. The summed E-state index contributed by atoms with van der Waals surface area (Å²) >= 11 is 21.1. The van der Waals surface area contributed by atoms with Crippen LogP contribution in [0.25, 0.3) is 11.4 Å². The van der Waals surface area contributed by atoms with E-state index < -0.39 is 20.8 Å². The average molecular weight is 359 g/mol. The number of halogens is 6. The van der Waals surface area contributed by atoms with Crippen molar-refractivity contribution in [1.82, 2.24) is 15.0 Å². The third-order valence-corrected chi connectivity index (χ3v) is 2.85. The van der Waals surface area contributed by atoms with Crippen molar-refractivity contribution in [2.45, 2.75) is 9.17 Å². The predicted octanol–water partition coefficient (Wildman–Crippen LogP) is 4.65. The number of hydrogen-bond acceptors (Lipinski definition) is 3. The second kappa shape index (κ2) is 5.56. The normalized spacial score (nSPS) is 12.5. The first kappa shape index (κ1) is 15.6. The van der Waals surface area contributed by atoms with Gasteiger partial charge in [-0.3, -0.25) is 0 Å². The second-order valence-corrected chi connectivity index (χ2v) is 6.14. The molecule has 20 heavy (non-hydrogen) atoms. The van der Waals surface area contributed by atoms with E-state index in [1.807, 2.05) is 0 Å². The Morgan fingerprint density at radius 3 is 1.60 bits per heavy atom. The summed E-state index contributed by atoms with van der Waals surface area (Å²) in [6, 6.07) is 8.36. The number of alkyl halides is 6. The molecule has 0 aliphatic rings. The Hall–Kier alpha value is -0.750. The molecule has 0 saturated heterocycles. The molecule has 106 valence electrons. The zero-order valence-corrected chi connectivity index (χ0v) is 12.5. The van der Waals surface area contributed by atoms with E-state index in [0.717, 1.165) is 0 Å². The van der Waals surface area contributed by atoms with Crippen LogP contribution in [0, 0.1) is 0 Å². The van der Waals surface area contributed by atoms with Gasteiger partial charge in [-0.2, -0.15) is 8.78 Å². The fraction of sp³-hybridized carbons (Fsp3) is 0.182. The molecule has 0 N–H and O–H groups in total. The molecule has 1 aromatic carbocycles. The first-order valence-corrected chi connectivity index (χ1v) is 6.65. The third-order valence-electron chi connectivity index (χ3n) is 2.17. The lowest BCUT2D eigenvalue weighted by Crippen LogP contribution is -2.17. The Balaban J connectivity index is 2.64. The lowest BCUT2D eigenvalue weighted by atomic mass is 10.2. The number of rotatable bonds is 3. The predicted molar refractivity (Wildman–Crippen MR) is 74.2 cm³/mol. The maximum Gasteiger partial charge on any atom is 0.317 e. The van der Waals surface area contributed by atoms with Crippen LogP contribution in [0.3, 0.4) is 0 Å². The van der Waals surface area contributed by atoms with Crippen molar-refractivity contribution >= 4 is 46.4 Å². The molecule has 0 fully saturated rings. The molecular formula is C11H5Cl4F2N3. The minimum atomic E-state index is -2.93. The van der Waals surface area contributed by atoms with Crippen LogP contribution >= 0.6 is 46.4 Å². The molecular weight excluding hydrogens is 354 g/mol. The molecule has 9 heteroatoms. The Morgan fingerprint density at radius 1 is 0.750 bits per heavy atom. The smallest absolute Gasteiger partial charge is 0.207 e. The van der Waals surface area contributed by atoms with Crippen molar-refractivity contribution in [1.29, 1.82) is 0 Å². The summed E-state index contributed by atoms with van der Waals surface area (Å²) in [6.45, 7) is 0. The number of nitrogens with zero attached hydrogens (tertiary/aromatic N) is 3. The van der Waals surface area contributed by atoms with Gasteiger partial charge in [0.1, 0.15) is 0 Å². The maximum absolute atomic E-state index is 13.6. The first-order valence-electron chi connectivity index (χ1n) is 5.14. The molecule has 0 amide bonds. The summed E-state index contributed by atoms with van der Waals surface area (Å²) < 4.78 is 21.2. The van der Waals surface area contributed by atoms with Gasteiger partial charge in [-0.15, -0.1) is 0 Å². The van der Waals surface area contributed by atoms with Gasteiger partial charge < -0.3 is 0 Å². The highest BCUT2D eigenvalue weighted by atomic mass is 35.5. The van der Waals surface area contributed by atoms with E-state index >= 15 is 0 Å². The van der Waals surface area contributed by atoms with Gasteiger partial charge in [0.25, 0.3) is 0 Å². The van der Waals surface area contributed by atoms with Crippen molar-refractivity contribution in [2.24, 2.45) is 0 Å². The van der Waals surface area contributed by atoms with Crippen molar-refractivity contribution in [3.05, 3.63) is 42.0 Å². The molecule has 0 radical (unpaired) electrons. The molecule has 0 bridgehead atoms. The highest BCUT2D eigenvalue weighted by Crippen LogP contribution is 2.37. The molecule has 2 rings (SSSR count). The van der Waals surface area contributed by atoms with Crippen LogP contribution in [0.15, 0.2) is 30.3 Å². The fourth-order valence-electron chi connectivity index (χ4n) is 1.35. The summed E-state index contributed by atoms with van der Waals surface area (Å²) in [4.78, 5) is 10.9. The van der Waals surface area contributed by atoms with Crippen molar-refractivity contribution in [3.63, 3.8) is 0 Å². The zero-order chi connectivity index (χ0) is 15.0. The van der Waals surface area contributed by atoms with E-state index in [1.54, 1.807) is 30.3 Å². The monoisotopic (exact) mass is 357 g/mol. The largest absolute Gasteiger partial charge is 0.317 e. The summed E-state index contributed by atoms with van der Waals surface area (Å²) in [5, 5.41) is 0. The van der Waals surface area contributed by atoms with Crippen LogP contribution in [0.4, 0.5) is 8.78 Å². The van der Waals surface area contributed by atoms with Gasteiger partial charge in [-0.05, 0) is 0 Å². The maximum atomic E-state index is 13.6. The van der Waals surface area contributed by atoms with Crippen LogP contribution in [0.5, 0.6) is 0 Å². The summed E-state index contributed by atoms with van der Waals surface area (Å²) in [7, 11) is 0. The van der Waals surface area contributed by atoms with Crippen LogP contribution in [-0.4, -0.2) is 15.0 Å². The molecule has 0 aliphatic carbocycles. The summed E-state index contributed by atoms with van der Waals surface area (Å²) in [6.07, 6.45) is 0. The third kappa shape index (κ3) is 3.67. The topological polar surface area (TPSA) is 38.7 Å². The van der Waals surface area contributed by atoms with E-state index in [2.05, 4.69) is 15.0 Å². The Labute approximate surface area is 132 Å². The Morgan fingerprint density at radius 2 is 1.20 bits per heavy atom. The number of hydrogen-bond donors (Lipinski definition) is 0. The van der Waals surface area contributed by atoms with Gasteiger partial charge >= 0.3 is 9.17 Å². The minimum absolute atomic E-state index is 0.0581. The zero-order valence-electron chi connectivity index (χ0n) is 9.50. The van der Waals surface area contributed by atoms with E-state index in [0.29, 0.717) is 5.56 Å². The van der Waals surface area contributed by atoms with Crippen LogP contribution < -0.4 is 0 Å². The fourth-order valence-corrected chi connectivity index (χ4v) is 1.68. The summed E-state index contributed by atoms with van der Waals surface area (Å²) in [5.74, 6) is -1.46. The van der Waals surface area contributed by atoms with E-state index in [9.17, 15) is 8.78 Å². The second-order valence-electron chi connectivity index (χ2n) is 3.67. The molecule has 0 atom stereocenters. The van der Waals surface area contributed by atoms with Crippen molar-refractivity contribution < 1.29 is 8.78 Å². The molecule has 0 unspecified atom stereocenters. The minimum Gasteiger partial charge on any atom is -0.207 e. The Bertz CT molecular complexity index is 579. The highest BCUT2D eigenvalue weighted by Gasteiger charge is 2.36. The molecule has 2 aromatic rings. The highest BCUT2D eigenvalue weighted by molar-refractivity contribution is 6.47. The van der Waals surface area contributed by atoms with E-state index in [4.69, 9.17) is 46.4 Å². The summed E-state index contributed by atoms with van der Waals surface area (Å²) in [5.41, 5.74) is 0.465. The first-order chi connectivity index (χ1) is 9.18. The van der Waals surface area contributed by atoms with Crippen molar-refractivity contribution in [2.75, 3.05) is 0 Å². The van der Waals surface area contributed by atoms with Gasteiger partial charge in [0.2, 0.25) is 11.6 Å². The molecule has 1 aromatic heterocycles. The molecule has 0 saturated carbocycles. The molecule has 0 spiro atoms. The molecule has 0 aliphatic heterocycles. The molecule has 3 nitrogen and oxygen atoms in total. The molecule has 1 heterocycles. The van der Waals surface area contributed by atoms with E-state index in [1.165, 1.54) is 0 Å². The number of aromatic nitrogens is 3. The van der Waals surface area contributed by atoms with Gasteiger partial charge in [0.15, 0.2) is 5.82 Å². The van der Waals surface area contributed by atoms with E-state index in [-0.39, 0.29) is 5.82 Å². The van der Waals surface area contributed by atoms with Crippen LogP contribution in [-0.2, 0) is 9.17 Å². The van der Waals surface area contributed by atoms with Crippen molar-refractivity contribution in [3.8, 4) is 11.4 Å².